The Labute approximate surface area is 163 Å². The minimum Gasteiger partial charge on any atom is -0.495 e. The number of nitrogens with zero attached hydrogens (tertiary/aromatic N) is 2. The first-order chi connectivity index (χ1) is 12.8. The van der Waals surface area contributed by atoms with Gasteiger partial charge in [0.1, 0.15) is 10.6 Å². The predicted octanol–water partition coefficient (Wildman–Crippen LogP) is 2.19. The molecule has 0 fully saturated rings. The quantitative estimate of drug-likeness (QED) is 0.617. The molecule has 0 aliphatic heterocycles. The molecule has 8 heteroatoms. The molecule has 0 bridgehead atoms. The van der Waals surface area contributed by atoms with Crippen molar-refractivity contribution >= 4 is 15.9 Å². The van der Waals surface area contributed by atoms with Crippen LogP contribution < -0.4 is 10.1 Å². The van der Waals surface area contributed by atoms with Gasteiger partial charge in [0.05, 0.1) is 7.11 Å². The summed E-state index contributed by atoms with van der Waals surface area (Å²) in [5.74, 6) is -0.0670. The highest BCUT2D eigenvalue weighted by Crippen LogP contribution is 2.27. The fourth-order valence-electron chi connectivity index (χ4n) is 3.04. The van der Waals surface area contributed by atoms with E-state index in [1.807, 2.05) is 0 Å². The fourth-order valence-corrected chi connectivity index (χ4v) is 4.68. The molecule has 154 valence electrons. The van der Waals surface area contributed by atoms with Crippen LogP contribution in [0, 0.1) is 0 Å². The highest BCUT2D eigenvalue weighted by atomic mass is 32.2. The number of hydrogen-bond donors (Lipinski definition) is 1. The molecule has 0 heterocycles. The number of sulfonamides is 1. The number of carbonyl (C=O) groups excluding carboxylic acids is 1. The smallest absolute Gasteiger partial charge is 0.251 e. The second-order valence-electron chi connectivity index (χ2n) is 6.24. The van der Waals surface area contributed by atoms with Crippen molar-refractivity contribution in [2.75, 3.05) is 39.8 Å². The van der Waals surface area contributed by atoms with E-state index in [-0.39, 0.29) is 22.6 Å². The maximum Gasteiger partial charge on any atom is 0.251 e. The molecule has 0 aromatic heterocycles. The minimum atomic E-state index is -3.73. The Hall–Kier alpha value is -1.64. The maximum absolute atomic E-state index is 12.9. The zero-order valence-corrected chi connectivity index (χ0v) is 18.1. The second kappa shape index (κ2) is 10.6. The maximum atomic E-state index is 12.9. The summed E-state index contributed by atoms with van der Waals surface area (Å²) in [5, 5.41) is 2.89. The molecule has 0 aliphatic carbocycles. The van der Waals surface area contributed by atoms with Crippen molar-refractivity contribution in [1.29, 1.82) is 0 Å². The van der Waals surface area contributed by atoms with Gasteiger partial charge in [0, 0.05) is 31.2 Å². The van der Waals surface area contributed by atoms with E-state index in [1.165, 1.54) is 23.5 Å². The van der Waals surface area contributed by atoms with E-state index >= 15 is 0 Å². The first kappa shape index (κ1) is 23.4. The third-order valence-corrected chi connectivity index (χ3v) is 6.81. The van der Waals surface area contributed by atoms with Crippen LogP contribution in [0.1, 0.15) is 45.0 Å². The van der Waals surface area contributed by atoms with E-state index < -0.39 is 10.0 Å². The number of rotatable bonds is 11. The molecule has 1 N–H and O–H groups in total. The average molecular weight is 400 g/mol. The Morgan fingerprint density at radius 3 is 2.19 bits per heavy atom. The van der Waals surface area contributed by atoms with Crippen LogP contribution in [0.15, 0.2) is 23.1 Å². The predicted molar refractivity (Wildman–Crippen MR) is 108 cm³/mol. The highest BCUT2D eigenvalue weighted by molar-refractivity contribution is 7.89. The van der Waals surface area contributed by atoms with Gasteiger partial charge in [-0.25, -0.2) is 8.42 Å². The molecule has 1 aromatic rings. The lowest BCUT2D eigenvalue weighted by molar-refractivity contribution is 0.0937. The van der Waals surface area contributed by atoms with E-state index in [9.17, 15) is 13.2 Å². The summed E-state index contributed by atoms with van der Waals surface area (Å²) < 4.78 is 32.3. The molecule has 0 aliphatic rings. The van der Waals surface area contributed by atoms with Crippen LogP contribution in [-0.4, -0.2) is 69.4 Å². The molecule has 0 spiro atoms. The van der Waals surface area contributed by atoms with Crippen molar-refractivity contribution in [1.82, 2.24) is 14.5 Å². The monoisotopic (exact) mass is 399 g/mol. The largest absolute Gasteiger partial charge is 0.495 e. The Balaban J connectivity index is 3.09. The lowest BCUT2D eigenvalue weighted by atomic mass is 10.2. The first-order valence-electron chi connectivity index (χ1n) is 9.47. The Kier molecular flexibility index (Phi) is 9.21. The number of carbonyl (C=O) groups is 1. The standard InChI is InChI=1S/C19H33N3O4S/c1-7-21(8-2)15(5)14-20-19(23)16-11-12-17(26-6)18(13-16)27(24,25)22(9-3)10-4/h11-13,15H,7-10,14H2,1-6H3,(H,20,23). The summed E-state index contributed by atoms with van der Waals surface area (Å²) >= 11 is 0. The van der Waals surface area contributed by atoms with Crippen molar-refractivity contribution in [3.05, 3.63) is 23.8 Å². The topological polar surface area (TPSA) is 79.0 Å². The summed E-state index contributed by atoms with van der Waals surface area (Å²) in [5.41, 5.74) is 0.299. The Morgan fingerprint density at radius 1 is 1.11 bits per heavy atom. The first-order valence-corrected chi connectivity index (χ1v) is 10.9. The summed E-state index contributed by atoms with van der Waals surface area (Å²) in [6, 6.07) is 4.70. The minimum absolute atomic E-state index is 0.0122. The fraction of sp³-hybridized carbons (Fsp3) is 0.632. The average Bonchev–Trinajstić information content (AvgIpc) is 2.67. The summed E-state index contributed by atoms with van der Waals surface area (Å²) in [6.45, 7) is 12.8. The van der Waals surface area contributed by atoms with E-state index in [0.717, 1.165) is 13.1 Å². The van der Waals surface area contributed by atoms with E-state index in [2.05, 4.69) is 31.0 Å². The van der Waals surface area contributed by atoms with Crippen LogP contribution in [-0.2, 0) is 10.0 Å². The highest BCUT2D eigenvalue weighted by Gasteiger charge is 2.27. The number of methoxy groups -OCH3 is 1. The van der Waals surface area contributed by atoms with Crippen molar-refractivity contribution in [3.8, 4) is 5.75 Å². The lowest BCUT2D eigenvalue weighted by Crippen LogP contribution is -2.42. The summed E-state index contributed by atoms with van der Waals surface area (Å²) in [7, 11) is -2.31. The molecule has 0 saturated heterocycles. The van der Waals surface area contributed by atoms with Gasteiger partial charge in [-0.05, 0) is 38.2 Å². The molecule has 1 aromatic carbocycles. The zero-order valence-electron chi connectivity index (χ0n) is 17.3. The van der Waals surface area contributed by atoms with Crippen LogP contribution >= 0.6 is 0 Å². The summed E-state index contributed by atoms with van der Waals surface area (Å²) in [6.07, 6.45) is 0. The third kappa shape index (κ3) is 5.67. The van der Waals surface area contributed by atoms with Gasteiger partial charge in [-0.1, -0.05) is 27.7 Å². The van der Waals surface area contributed by atoms with Crippen molar-refractivity contribution < 1.29 is 17.9 Å². The van der Waals surface area contributed by atoms with Gasteiger partial charge < -0.3 is 10.1 Å². The second-order valence-corrected chi connectivity index (χ2v) is 8.14. The normalized spacial score (nSPS) is 13.0. The molecule has 1 rings (SSSR count). The molecule has 0 radical (unpaired) electrons. The molecule has 27 heavy (non-hydrogen) atoms. The number of likely N-dealkylation sites (N-methyl/N-ethyl adjacent to an activating group) is 1. The van der Waals surface area contributed by atoms with Gasteiger partial charge in [0.2, 0.25) is 10.0 Å². The van der Waals surface area contributed by atoms with Crippen LogP contribution in [0.25, 0.3) is 0 Å². The van der Waals surface area contributed by atoms with Gasteiger partial charge in [0.15, 0.2) is 0 Å². The Morgan fingerprint density at radius 2 is 1.70 bits per heavy atom. The number of hydrogen-bond acceptors (Lipinski definition) is 5. The van der Waals surface area contributed by atoms with Crippen LogP contribution in [0.2, 0.25) is 0 Å². The number of ether oxygens (including phenoxy) is 1. The molecule has 1 amide bonds. The van der Waals surface area contributed by atoms with Crippen LogP contribution in [0.4, 0.5) is 0 Å². The van der Waals surface area contributed by atoms with Crippen LogP contribution in [0.3, 0.4) is 0 Å². The zero-order chi connectivity index (χ0) is 20.6. The van der Waals surface area contributed by atoms with Crippen LogP contribution in [0.5, 0.6) is 5.75 Å². The number of benzene rings is 1. The van der Waals surface area contributed by atoms with E-state index in [1.54, 1.807) is 19.9 Å². The summed E-state index contributed by atoms with van der Waals surface area (Å²) in [4.78, 5) is 14.8. The van der Waals surface area contributed by atoms with Gasteiger partial charge >= 0.3 is 0 Å². The molecular formula is C19H33N3O4S. The van der Waals surface area contributed by atoms with Gasteiger partial charge in [-0.2, -0.15) is 4.31 Å². The third-order valence-electron chi connectivity index (χ3n) is 4.74. The molecule has 0 saturated carbocycles. The molecule has 7 nitrogen and oxygen atoms in total. The van der Waals surface area contributed by atoms with E-state index in [4.69, 9.17) is 4.74 Å². The van der Waals surface area contributed by atoms with Crippen molar-refractivity contribution in [3.63, 3.8) is 0 Å². The Bertz CT molecular complexity index is 714. The number of amides is 1. The SMILES string of the molecule is CCN(CC)C(C)CNC(=O)c1ccc(OC)c(S(=O)(=O)N(CC)CC)c1. The molecule has 1 atom stereocenters. The van der Waals surface area contributed by atoms with Gasteiger partial charge in [-0.3, -0.25) is 9.69 Å². The van der Waals surface area contributed by atoms with Gasteiger partial charge in [0.25, 0.3) is 5.91 Å². The van der Waals surface area contributed by atoms with E-state index in [0.29, 0.717) is 25.2 Å². The van der Waals surface area contributed by atoms with Crippen molar-refractivity contribution in [2.45, 2.75) is 45.6 Å². The van der Waals surface area contributed by atoms with Gasteiger partial charge in [-0.15, -0.1) is 0 Å². The number of nitrogens with one attached hydrogen (secondary N) is 1. The molecular weight excluding hydrogens is 366 g/mol. The lowest BCUT2D eigenvalue weighted by Gasteiger charge is -2.26. The molecule has 1 unspecified atom stereocenters. The van der Waals surface area contributed by atoms with Crippen molar-refractivity contribution in [2.24, 2.45) is 0 Å².